The second-order valence-corrected chi connectivity index (χ2v) is 8.54. The lowest BCUT2D eigenvalue weighted by molar-refractivity contribution is 0.112. The molecule has 0 amide bonds. The Bertz CT molecular complexity index is 961. The SMILES string of the molecule is Cc1cc(Cl)cc(Sc2c(C(C)C)nc(CO)n2Cc2ccc(C=O)cc2)c1. The van der Waals surface area contributed by atoms with Crippen LogP contribution in [0.1, 0.15) is 52.8 Å². The van der Waals surface area contributed by atoms with E-state index >= 15 is 0 Å². The summed E-state index contributed by atoms with van der Waals surface area (Å²) in [5, 5.41) is 11.6. The van der Waals surface area contributed by atoms with Crippen molar-refractivity contribution in [3.8, 4) is 0 Å². The van der Waals surface area contributed by atoms with Crippen LogP contribution in [-0.2, 0) is 13.2 Å². The van der Waals surface area contributed by atoms with Gasteiger partial charge in [0.25, 0.3) is 0 Å². The second kappa shape index (κ2) is 8.95. The molecule has 0 bridgehead atoms. The van der Waals surface area contributed by atoms with Crippen molar-refractivity contribution in [3.63, 3.8) is 0 Å². The lowest BCUT2D eigenvalue weighted by atomic mass is 10.1. The van der Waals surface area contributed by atoms with Crippen molar-refractivity contribution in [3.05, 3.63) is 75.7 Å². The molecule has 2 aromatic carbocycles. The van der Waals surface area contributed by atoms with Gasteiger partial charge in [0.1, 0.15) is 23.7 Å². The summed E-state index contributed by atoms with van der Waals surface area (Å²) < 4.78 is 2.05. The Balaban J connectivity index is 2.04. The van der Waals surface area contributed by atoms with Crippen molar-refractivity contribution in [2.24, 2.45) is 0 Å². The van der Waals surface area contributed by atoms with Gasteiger partial charge < -0.3 is 9.67 Å². The summed E-state index contributed by atoms with van der Waals surface area (Å²) in [6.45, 7) is 6.64. The topological polar surface area (TPSA) is 55.1 Å². The van der Waals surface area contributed by atoms with E-state index in [1.54, 1.807) is 23.9 Å². The average molecular weight is 415 g/mol. The van der Waals surface area contributed by atoms with Crippen LogP contribution in [0.2, 0.25) is 5.02 Å². The second-order valence-electron chi connectivity index (χ2n) is 7.04. The first-order chi connectivity index (χ1) is 13.4. The van der Waals surface area contributed by atoms with Gasteiger partial charge in [0.2, 0.25) is 0 Å². The fourth-order valence-corrected chi connectivity index (χ4v) is 4.70. The van der Waals surface area contributed by atoms with E-state index in [-0.39, 0.29) is 12.5 Å². The van der Waals surface area contributed by atoms with Gasteiger partial charge >= 0.3 is 0 Å². The van der Waals surface area contributed by atoms with E-state index < -0.39 is 0 Å². The Labute approximate surface area is 174 Å². The first kappa shape index (κ1) is 20.6. The number of benzene rings is 2. The molecule has 3 rings (SSSR count). The maximum atomic E-state index is 10.9. The molecule has 1 aromatic heterocycles. The van der Waals surface area contributed by atoms with E-state index in [1.165, 1.54) is 0 Å². The molecule has 6 heteroatoms. The summed E-state index contributed by atoms with van der Waals surface area (Å²) in [5.74, 6) is 0.844. The van der Waals surface area contributed by atoms with Crippen molar-refractivity contribution < 1.29 is 9.90 Å². The van der Waals surface area contributed by atoms with Gasteiger partial charge in [-0.3, -0.25) is 4.79 Å². The van der Waals surface area contributed by atoms with Crippen molar-refractivity contribution in [2.75, 3.05) is 0 Å². The summed E-state index contributed by atoms with van der Waals surface area (Å²) in [5.41, 5.74) is 3.73. The number of hydrogen-bond donors (Lipinski definition) is 1. The summed E-state index contributed by atoms with van der Waals surface area (Å²) in [7, 11) is 0. The molecule has 0 aliphatic heterocycles. The van der Waals surface area contributed by atoms with Crippen LogP contribution in [0, 0.1) is 6.92 Å². The minimum atomic E-state index is -0.138. The number of aliphatic hydroxyl groups excluding tert-OH is 1. The van der Waals surface area contributed by atoms with Crippen LogP contribution in [0.4, 0.5) is 0 Å². The maximum absolute atomic E-state index is 10.9. The van der Waals surface area contributed by atoms with Crippen LogP contribution in [0.25, 0.3) is 0 Å². The van der Waals surface area contributed by atoms with Gasteiger partial charge in [0.15, 0.2) is 0 Å². The van der Waals surface area contributed by atoms with E-state index in [1.807, 2.05) is 35.8 Å². The number of hydrogen-bond acceptors (Lipinski definition) is 4. The molecule has 0 aliphatic rings. The van der Waals surface area contributed by atoms with E-state index in [0.29, 0.717) is 23.0 Å². The van der Waals surface area contributed by atoms with Crippen LogP contribution < -0.4 is 0 Å². The normalized spacial score (nSPS) is 11.2. The number of aldehydes is 1. The van der Waals surface area contributed by atoms with Crippen molar-refractivity contribution in [1.29, 1.82) is 0 Å². The smallest absolute Gasteiger partial charge is 0.150 e. The van der Waals surface area contributed by atoms with Crippen LogP contribution >= 0.6 is 23.4 Å². The van der Waals surface area contributed by atoms with E-state index in [0.717, 1.165) is 33.0 Å². The Kier molecular flexibility index (Phi) is 6.60. The maximum Gasteiger partial charge on any atom is 0.150 e. The zero-order chi connectivity index (χ0) is 20.3. The van der Waals surface area contributed by atoms with Crippen molar-refractivity contribution in [2.45, 2.75) is 49.8 Å². The highest BCUT2D eigenvalue weighted by molar-refractivity contribution is 7.99. The van der Waals surface area contributed by atoms with Crippen LogP contribution in [0.3, 0.4) is 0 Å². The van der Waals surface area contributed by atoms with E-state index in [9.17, 15) is 9.90 Å². The quantitative estimate of drug-likeness (QED) is 0.520. The van der Waals surface area contributed by atoms with Gasteiger partial charge in [-0.05, 0) is 42.2 Å². The standard InChI is InChI=1S/C22H23ClN2O2S/c1-14(2)21-22(28-19-9-15(3)8-18(23)10-19)25(20(13-27)24-21)11-16-4-6-17(12-26)7-5-16/h4-10,12,14,27H,11,13H2,1-3H3. The molecule has 0 spiro atoms. The number of nitrogens with zero attached hydrogens (tertiary/aromatic N) is 2. The van der Waals surface area contributed by atoms with Gasteiger partial charge in [0, 0.05) is 22.0 Å². The molecule has 0 saturated carbocycles. The molecule has 1 heterocycles. The van der Waals surface area contributed by atoms with E-state index in [2.05, 4.69) is 19.9 Å². The summed E-state index contributed by atoms with van der Waals surface area (Å²) >= 11 is 7.85. The Morgan fingerprint density at radius 1 is 1.21 bits per heavy atom. The number of halogens is 1. The lowest BCUT2D eigenvalue weighted by Gasteiger charge is -2.14. The molecule has 0 radical (unpaired) electrons. The summed E-state index contributed by atoms with van der Waals surface area (Å²) in [6.07, 6.45) is 0.833. The van der Waals surface area contributed by atoms with Gasteiger partial charge in [-0.2, -0.15) is 0 Å². The predicted octanol–water partition coefficient (Wildman–Crippen LogP) is 5.47. The van der Waals surface area contributed by atoms with Crippen LogP contribution in [0.5, 0.6) is 0 Å². The highest BCUT2D eigenvalue weighted by Gasteiger charge is 2.20. The highest BCUT2D eigenvalue weighted by atomic mass is 35.5. The molecule has 3 aromatic rings. The molecular formula is C22H23ClN2O2S. The monoisotopic (exact) mass is 414 g/mol. The average Bonchev–Trinajstić information content (AvgIpc) is 2.99. The zero-order valence-corrected chi connectivity index (χ0v) is 17.7. The first-order valence-corrected chi connectivity index (χ1v) is 10.3. The molecule has 0 fully saturated rings. The molecule has 28 heavy (non-hydrogen) atoms. The minimum absolute atomic E-state index is 0.138. The third kappa shape index (κ3) is 4.66. The van der Waals surface area contributed by atoms with Crippen molar-refractivity contribution >= 4 is 29.6 Å². The number of carbonyl (C=O) groups is 1. The van der Waals surface area contributed by atoms with Gasteiger partial charge in [-0.1, -0.05) is 61.5 Å². The summed E-state index contributed by atoms with van der Waals surface area (Å²) in [4.78, 5) is 16.6. The molecule has 1 N–H and O–H groups in total. The zero-order valence-electron chi connectivity index (χ0n) is 16.1. The first-order valence-electron chi connectivity index (χ1n) is 9.10. The van der Waals surface area contributed by atoms with Gasteiger partial charge in [0.05, 0.1) is 5.69 Å². The molecule has 0 atom stereocenters. The number of aliphatic hydroxyl groups is 1. The molecule has 0 unspecified atom stereocenters. The van der Waals surface area contributed by atoms with E-state index in [4.69, 9.17) is 16.6 Å². The third-order valence-electron chi connectivity index (χ3n) is 4.40. The largest absolute Gasteiger partial charge is 0.388 e. The Morgan fingerprint density at radius 2 is 1.93 bits per heavy atom. The molecule has 0 aliphatic carbocycles. The van der Waals surface area contributed by atoms with Gasteiger partial charge in [-0.15, -0.1) is 0 Å². The van der Waals surface area contributed by atoms with Crippen molar-refractivity contribution in [1.82, 2.24) is 9.55 Å². The number of aryl methyl sites for hydroxylation is 1. The lowest BCUT2D eigenvalue weighted by Crippen LogP contribution is -2.07. The molecule has 146 valence electrons. The molecular weight excluding hydrogens is 392 g/mol. The van der Waals surface area contributed by atoms with Crippen LogP contribution in [-0.4, -0.2) is 20.9 Å². The fourth-order valence-electron chi connectivity index (χ4n) is 3.03. The number of imidazole rings is 1. The molecule has 0 saturated heterocycles. The van der Waals surface area contributed by atoms with Crippen LogP contribution in [0.15, 0.2) is 52.4 Å². The fraction of sp³-hybridized carbons (Fsp3) is 0.273. The number of rotatable bonds is 7. The Hall–Kier alpha value is -2.08. The highest BCUT2D eigenvalue weighted by Crippen LogP contribution is 2.36. The molecule has 4 nitrogen and oxygen atoms in total. The predicted molar refractivity (Wildman–Crippen MR) is 113 cm³/mol. The van der Waals surface area contributed by atoms with Gasteiger partial charge in [-0.25, -0.2) is 4.98 Å². The third-order valence-corrected chi connectivity index (χ3v) is 5.71. The number of aromatic nitrogens is 2. The Morgan fingerprint density at radius 3 is 2.50 bits per heavy atom. The minimum Gasteiger partial charge on any atom is -0.388 e. The number of carbonyl (C=O) groups excluding carboxylic acids is 1. The summed E-state index contributed by atoms with van der Waals surface area (Å²) in [6, 6.07) is 13.4.